The summed E-state index contributed by atoms with van der Waals surface area (Å²) in [6.07, 6.45) is 0. The smallest absolute Gasteiger partial charge is 0.0804 e. The van der Waals surface area contributed by atoms with Crippen molar-refractivity contribution in [2.75, 3.05) is 7.05 Å². The number of hydrogen-bond acceptors (Lipinski definition) is 2. The summed E-state index contributed by atoms with van der Waals surface area (Å²) in [5.41, 5.74) is 2.17. The lowest BCUT2D eigenvalue weighted by molar-refractivity contribution is 0.807. The second kappa shape index (κ2) is 4.06. The van der Waals surface area contributed by atoms with Crippen molar-refractivity contribution in [2.24, 2.45) is 10.9 Å². The van der Waals surface area contributed by atoms with E-state index in [1.54, 1.807) is 14.0 Å². The van der Waals surface area contributed by atoms with Crippen LogP contribution in [0.15, 0.2) is 17.1 Å². The predicted molar refractivity (Wildman–Crippen MR) is 50.7 cm³/mol. The van der Waals surface area contributed by atoms with Crippen LogP contribution in [0.2, 0.25) is 0 Å². The summed E-state index contributed by atoms with van der Waals surface area (Å²) in [4.78, 5) is 4.00. The molecular formula is C9H16N2. The Bertz CT molecular complexity index is 200. The molecule has 0 saturated carbocycles. The maximum Gasteiger partial charge on any atom is 0.0804 e. The molecule has 0 aliphatic heterocycles. The first kappa shape index (κ1) is 10.1. The second-order valence-electron chi connectivity index (χ2n) is 2.88. The first-order valence-corrected chi connectivity index (χ1v) is 3.72. The minimum atomic E-state index is 0.369. The van der Waals surface area contributed by atoms with Gasteiger partial charge in [0, 0.05) is 7.05 Å². The number of nitrogens with zero attached hydrogens (tertiary/aromatic N) is 1. The molecule has 0 aromatic heterocycles. The Hall–Kier alpha value is -0.920. The zero-order valence-electron chi connectivity index (χ0n) is 7.73. The fourth-order valence-corrected chi connectivity index (χ4v) is 0.826. The summed E-state index contributed by atoms with van der Waals surface area (Å²) in [6.45, 7) is 9.71. The van der Waals surface area contributed by atoms with Crippen LogP contribution in [0.3, 0.4) is 0 Å². The minimum absolute atomic E-state index is 0.369. The highest BCUT2D eigenvalue weighted by molar-refractivity contribution is 6.46. The molecular weight excluding hydrogens is 136 g/mol. The molecule has 2 nitrogen and oxygen atoms in total. The van der Waals surface area contributed by atoms with E-state index in [1.807, 2.05) is 0 Å². The molecule has 0 radical (unpaired) electrons. The largest absolute Gasteiger partial charge is 0.303 e. The van der Waals surface area contributed by atoms with E-state index in [0.29, 0.717) is 11.6 Å². The molecule has 0 saturated heterocycles. The molecule has 0 rings (SSSR count). The predicted octanol–water partition coefficient (Wildman–Crippen LogP) is 2.31. The van der Waals surface area contributed by atoms with Gasteiger partial charge in [-0.3, -0.25) is 4.99 Å². The molecule has 0 aromatic rings. The van der Waals surface area contributed by atoms with Crippen LogP contribution in [0, 0.1) is 11.3 Å². The molecule has 11 heavy (non-hydrogen) atoms. The molecule has 0 aromatic carbocycles. The topological polar surface area (TPSA) is 36.2 Å². The van der Waals surface area contributed by atoms with Crippen LogP contribution in [0.25, 0.3) is 0 Å². The molecule has 0 unspecified atom stereocenters. The number of aliphatic imine (C=N–C) groups is 1. The van der Waals surface area contributed by atoms with Crippen molar-refractivity contribution < 1.29 is 0 Å². The van der Waals surface area contributed by atoms with E-state index in [9.17, 15) is 0 Å². The van der Waals surface area contributed by atoms with Crippen LogP contribution in [0.1, 0.15) is 20.8 Å². The molecule has 1 N–H and O–H groups in total. The van der Waals surface area contributed by atoms with Crippen LogP contribution in [-0.4, -0.2) is 18.5 Å². The number of allylic oxidation sites excluding steroid dienone is 1. The normalized spacial score (nSPS) is 11.9. The van der Waals surface area contributed by atoms with Crippen molar-refractivity contribution in [1.29, 1.82) is 5.41 Å². The summed E-state index contributed by atoms with van der Waals surface area (Å²) in [6, 6.07) is 0. The van der Waals surface area contributed by atoms with E-state index >= 15 is 0 Å². The van der Waals surface area contributed by atoms with Crippen molar-refractivity contribution in [3.63, 3.8) is 0 Å². The van der Waals surface area contributed by atoms with Gasteiger partial charge in [0.05, 0.1) is 11.4 Å². The molecule has 0 aliphatic carbocycles. The zero-order valence-corrected chi connectivity index (χ0v) is 7.73. The maximum absolute atomic E-state index is 7.38. The molecule has 0 atom stereocenters. The van der Waals surface area contributed by atoms with E-state index in [-0.39, 0.29) is 0 Å². The monoisotopic (exact) mass is 152 g/mol. The Morgan fingerprint density at radius 1 is 1.45 bits per heavy atom. The van der Waals surface area contributed by atoms with Gasteiger partial charge in [0.25, 0.3) is 0 Å². The summed E-state index contributed by atoms with van der Waals surface area (Å²) in [5, 5.41) is 7.38. The Morgan fingerprint density at radius 3 is 2.00 bits per heavy atom. The summed E-state index contributed by atoms with van der Waals surface area (Å²) in [7, 11) is 1.70. The minimum Gasteiger partial charge on any atom is -0.303 e. The third kappa shape index (κ3) is 2.66. The van der Waals surface area contributed by atoms with Crippen molar-refractivity contribution in [2.45, 2.75) is 20.8 Å². The van der Waals surface area contributed by atoms with Gasteiger partial charge >= 0.3 is 0 Å². The lowest BCUT2D eigenvalue weighted by Gasteiger charge is -2.10. The van der Waals surface area contributed by atoms with Gasteiger partial charge in [-0.2, -0.15) is 0 Å². The van der Waals surface area contributed by atoms with E-state index in [2.05, 4.69) is 25.4 Å². The SMILES string of the molecule is C=C(C(=NC)C(C)=N)C(C)C. The van der Waals surface area contributed by atoms with Gasteiger partial charge in [-0.1, -0.05) is 20.4 Å². The zero-order chi connectivity index (χ0) is 9.02. The fourth-order valence-electron chi connectivity index (χ4n) is 0.826. The molecule has 0 heterocycles. The number of rotatable bonds is 3. The number of hydrogen-bond donors (Lipinski definition) is 1. The number of nitrogens with one attached hydrogen (secondary N) is 1. The lowest BCUT2D eigenvalue weighted by Crippen LogP contribution is -2.15. The maximum atomic E-state index is 7.38. The first-order chi connectivity index (χ1) is 5.00. The Balaban J connectivity index is 4.55. The standard InChI is InChI=1S/C9H16N2/c1-6(2)7(3)9(11-5)8(4)10/h6,10H,3H2,1-2,4-5H3. The molecule has 0 spiro atoms. The van der Waals surface area contributed by atoms with Gasteiger partial charge in [0.2, 0.25) is 0 Å². The van der Waals surface area contributed by atoms with Crippen LogP contribution < -0.4 is 0 Å². The second-order valence-corrected chi connectivity index (χ2v) is 2.88. The van der Waals surface area contributed by atoms with Gasteiger partial charge in [0.1, 0.15) is 0 Å². The van der Waals surface area contributed by atoms with Crippen molar-refractivity contribution in [3.8, 4) is 0 Å². The average Bonchev–Trinajstić information content (AvgIpc) is 1.88. The van der Waals surface area contributed by atoms with E-state index < -0.39 is 0 Å². The molecule has 62 valence electrons. The fraction of sp³-hybridized carbons (Fsp3) is 0.556. The van der Waals surface area contributed by atoms with Crippen molar-refractivity contribution in [3.05, 3.63) is 12.2 Å². The van der Waals surface area contributed by atoms with E-state index in [0.717, 1.165) is 11.3 Å². The van der Waals surface area contributed by atoms with Crippen LogP contribution >= 0.6 is 0 Å². The highest BCUT2D eigenvalue weighted by atomic mass is 14.7. The van der Waals surface area contributed by atoms with Crippen LogP contribution in [-0.2, 0) is 0 Å². The van der Waals surface area contributed by atoms with Gasteiger partial charge in [-0.15, -0.1) is 0 Å². The van der Waals surface area contributed by atoms with E-state index in [4.69, 9.17) is 5.41 Å². The Labute approximate surface area is 68.5 Å². The molecule has 0 amide bonds. The third-order valence-electron chi connectivity index (χ3n) is 1.58. The molecule has 0 bridgehead atoms. The summed E-state index contributed by atoms with van der Waals surface area (Å²) < 4.78 is 0. The van der Waals surface area contributed by atoms with Gasteiger partial charge < -0.3 is 5.41 Å². The Kier molecular flexibility index (Phi) is 3.72. The summed E-state index contributed by atoms with van der Waals surface area (Å²) in [5.74, 6) is 0.369. The lowest BCUT2D eigenvalue weighted by atomic mass is 9.98. The highest BCUT2D eigenvalue weighted by Crippen LogP contribution is 2.09. The van der Waals surface area contributed by atoms with Crippen molar-refractivity contribution >= 4 is 11.4 Å². The average molecular weight is 152 g/mol. The summed E-state index contributed by atoms with van der Waals surface area (Å²) >= 11 is 0. The van der Waals surface area contributed by atoms with Crippen LogP contribution in [0.4, 0.5) is 0 Å². The molecule has 0 fully saturated rings. The highest BCUT2D eigenvalue weighted by Gasteiger charge is 2.08. The molecule has 0 aliphatic rings. The van der Waals surface area contributed by atoms with E-state index in [1.165, 1.54) is 0 Å². The van der Waals surface area contributed by atoms with Crippen molar-refractivity contribution in [1.82, 2.24) is 0 Å². The third-order valence-corrected chi connectivity index (χ3v) is 1.58. The first-order valence-electron chi connectivity index (χ1n) is 3.72. The van der Waals surface area contributed by atoms with Gasteiger partial charge in [0.15, 0.2) is 0 Å². The van der Waals surface area contributed by atoms with Gasteiger partial charge in [-0.05, 0) is 18.4 Å². The Morgan fingerprint density at radius 2 is 1.91 bits per heavy atom. The molecule has 2 heteroatoms. The van der Waals surface area contributed by atoms with Gasteiger partial charge in [-0.25, -0.2) is 0 Å². The quantitative estimate of drug-likeness (QED) is 0.602. The van der Waals surface area contributed by atoms with Crippen LogP contribution in [0.5, 0.6) is 0 Å².